The van der Waals surface area contributed by atoms with Gasteiger partial charge in [-0.3, -0.25) is 14.2 Å². The van der Waals surface area contributed by atoms with Crippen LogP contribution >= 0.6 is 12.4 Å². The van der Waals surface area contributed by atoms with E-state index in [4.69, 9.17) is 0 Å². The fraction of sp³-hybridized carbons (Fsp3) is 0.438. The molecule has 1 unspecified atom stereocenters. The first-order valence-electron chi connectivity index (χ1n) is 7.60. The molecule has 1 saturated heterocycles. The minimum atomic E-state index is -0.0935. The zero-order valence-electron chi connectivity index (χ0n) is 13.0. The van der Waals surface area contributed by atoms with E-state index in [1.54, 1.807) is 6.07 Å². The molecule has 0 spiro atoms. The van der Waals surface area contributed by atoms with E-state index in [9.17, 15) is 9.59 Å². The van der Waals surface area contributed by atoms with Gasteiger partial charge in [-0.25, -0.2) is 4.98 Å². The van der Waals surface area contributed by atoms with Crippen LogP contribution in [0.1, 0.15) is 18.4 Å². The third-order valence-electron chi connectivity index (χ3n) is 4.06. The van der Waals surface area contributed by atoms with Gasteiger partial charge in [-0.1, -0.05) is 12.1 Å². The quantitative estimate of drug-likeness (QED) is 0.873. The number of benzene rings is 1. The van der Waals surface area contributed by atoms with Gasteiger partial charge >= 0.3 is 0 Å². The normalized spacial score (nSPS) is 17.0. The maximum absolute atomic E-state index is 12.4. The monoisotopic (exact) mass is 336 g/mol. The molecule has 3 rings (SSSR count). The Labute approximate surface area is 140 Å². The van der Waals surface area contributed by atoms with Crippen LogP contribution in [0, 0.1) is 6.92 Å². The number of nitrogens with one attached hydrogen (secondary N) is 2. The molecule has 0 bridgehead atoms. The molecule has 1 amide bonds. The van der Waals surface area contributed by atoms with Crippen LogP contribution in [0.5, 0.6) is 0 Å². The maximum Gasteiger partial charge on any atom is 0.261 e. The standard InChI is InChI=1S/C16H20N4O2.ClH/c1-11-3-2-4-13-15(11)18-10-20(16(13)22)8-6-14(21)19-12-5-7-17-9-12;/h2-4,10,12,17H,5-9H2,1H3,(H,19,21);1H. The molecule has 2 N–H and O–H groups in total. The smallest absolute Gasteiger partial charge is 0.261 e. The third-order valence-corrected chi connectivity index (χ3v) is 4.06. The van der Waals surface area contributed by atoms with Crippen molar-refractivity contribution < 1.29 is 4.79 Å². The molecule has 2 heterocycles. The number of fused-ring (bicyclic) bond motifs is 1. The van der Waals surface area contributed by atoms with Crippen molar-refractivity contribution in [3.8, 4) is 0 Å². The van der Waals surface area contributed by atoms with Gasteiger partial charge < -0.3 is 10.6 Å². The van der Waals surface area contributed by atoms with Crippen LogP contribution in [0.2, 0.25) is 0 Å². The highest BCUT2D eigenvalue weighted by atomic mass is 35.5. The van der Waals surface area contributed by atoms with Gasteiger partial charge in [0.05, 0.1) is 17.2 Å². The van der Waals surface area contributed by atoms with E-state index >= 15 is 0 Å². The van der Waals surface area contributed by atoms with Crippen molar-refractivity contribution in [3.63, 3.8) is 0 Å². The maximum atomic E-state index is 12.4. The van der Waals surface area contributed by atoms with E-state index in [0.29, 0.717) is 11.9 Å². The van der Waals surface area contributed by atoms with Gasteiger partial charge in [-0.2, -0.15) is 0 Å². The largest absolute Gasteiger partial charge is 0.352 e. The number of aromatic nitrogens is 2. The van der Waals surface area contributed by atoms with Crippen LogP contribution in [0.15, 0.2) is 29.3 Å². The number of para-hydroxylation sites is 1. The fourth-order valence-electron chi connectivity index (χ4n) is 2.80. The Bertz CT molecular complexity index is 753. The summed E-state index contributed by atoms with van der Waals surface area (Å²) in [4.78, 5) is 28.7. The minimum Gasteiger partial charge on any atom is -0.352 e. The van der Waals surface area contributed by atoms with E-state index < -0.39 is 0 Å². The summed E-state index contributed by atoms with van der Waals surface area (Å²) < 4.78 is 1.51. The summed E-state index contributed by atoms with van der Waals surface area (Å²) in [6.45, 7) is 4.05. The lowest BCUT2D eigenvalue weighted by molar-refractivity contribution is -0.121. The molecule has 1 atom stereocenters. The summed E-state index contributed by atoms with van der Waals surface area (Å²) in [6.07, 6.45) is 2.78. The van der Waals surface area contributed by atoms with E-state index in [1.165, 1.54) is 10.9 Å². The van der Waals surface area contributed by atoms with E-state index in [-0.39, 0.29) is 36.3 Å². The molecular weight excluding hydrogens is 316 g/mol. The number of amides is 1. The summed E-state index contributed by atoms with van der Waals surface area (Å²) in [5.74, 6) is -0.0232. The van der Waals surface area contributed by atoms with Gasteiger partial charge in [0.2, 0.25) is 5.91 Å². The Hall–Kier alpha value is -1.92. The molecule has 124 valence electrons. The average molecular weight is 337 g/mol. The zero-order valence-corrected chi connectivity index (χ0v) is 13.9. The third kappa shape index (κ3) is 3.89. The summed E-state index contributed by atoms with van der Waals surface area (Å²) in [7, 11) is 0. The zero-order chi connectivity index (χ0) is 15.5. The molecule has 1 aromatic heterocycles. The second-order valence-corrected chi connectivity index (χ2v) is 5.72. The highest BCUT2D eigenvalue weighted by Crippen LogP contribution is 2.11. The van der Waals surface area contributed by atoms with Crippen molar-refractivity contribution in [2.45, 2.75) is 32.4 Å². The predicted octanol–water partition coefficient (Wildman–Crippen LogP) is 0.995. The number of hydrogen-bond acceptors (Lipinski definition) is 4. The predicted molar refractivity (Wildman–Crippen MR) is 92.0 cm³/mol. The van der Waals surface area contributed by atoms with Gasteiger partial charge in [0.15, 0.2) is 0 Å². The molecule has 1 aliphatic rings. The molecule has 23 heavy (non-hydrogen) atoms. The number of nitrogens with zero attached hydrogens (tertiary/aromatic N) is 2. The minimum absolute atomic E-state index is 0. The Morgan fingerprint density at radius 2 is 2.30 bits per heavy atom. The molecule has 2 aromatic rings. The number of hydrogen-bond donors (Lipinski definition) is 2. The van der Waals surface area contributed by atoms with Gasteiger partial charge in [0, 0.05) is 25.6 Å². The fourth-order valence-corrected chi connectivity index (χ4v) is 2.80. The molecule has 6 nitrogen and oxygen atoms in total. The molecule has 0 saturated carbocycles. The second-order valence-electron chi connectivity index (χ2n) is 5.72. The van der Waals surface area contributed by atoms with Crippen LogP contribution in [0.4, 0.5) is 0 Å². The first-order valence-corrected chi connectivity index (χ1v) is 7.60. The van der Waals surface area contributed by atoms with E-state index in [0.717, 1.165) is 30.6 Å². The molecule has 0 aliphatic carbocycles. The number of rotatable bonds is 4. The summed E-state index contributed by atoms with van der Waals surface area (Å²) >= 11 is 0. The summed E-state index contributed by atoms with van der Waals surface area (Å²) in [6, 6.07) is 5.77. The Balaban J connectivity index is 0.00000192. The van der Waals surface area contributed by atoms with Crippen LogP contribution in [0.3, 0.4) is 0 Å². The van der Waals surface area contributed by atoms with Gasteiger partial charge in [0.25, 0.3) is 5.56 Å². The highest BCUT2D eigenvalue weighted by Gasteiger charge is 2.16. The van der Waals surface area contributed by atoms with Crippen molar-refractivity contribution in [1.82, 2.24) is 20.2 Å². The van der Waals surface area contributed by atoms with Gasteiger partial charge in [0.1, 0.15) is 0 Å². The molecule has 1 aromatic carbocycles. The average Bonchev–Trinajstić information content (AvgIpc) is 3.00. The van der Waals surface area contributed by atoms with Crippen molar-refractivity contribution in [2.75, 3.05) is 13.1 Å². The molecular formula is C16H21ClN4O2. The van der Waals surface area contributed by atoms with Crippen LogP contribution in [-0.4, -0.2) is 34.6 Å². The van der Waals surface area contributed by atoms with E-state index in [2.05, 4.69) is 15.6 Å². The number of aryl methyl sites for hydroxylation is 2. The summed E-state index contributed by atoms with van der Waals surface area (Å²) in [5, 5.41) is 6.78. The first-order chi connectivity index (χ1) is 10.6. The van der Waals surface area contributed by atoms with Crippen molar-refractivity contribution in [1.29, 1.82) is 0 Å². The van der Waals surface area contributed by atoms with Gasteiger partial charge in [-0.15, -0.1) is 12.4 Å². The molecule has 1 fully saturated rings. The van der Waals surface area contributed by atoms with Crippen molar-refractivity contribution in [2.24, 2.45) is 0 Å². The lowest BCUT2D eigenvalue weighted by Crippen LogP contribution is -2.37. The van der Waals surface area contributed by atoms with Crippen LogP contribution in [0.25, 0.3) is 10.9 Å². The van der Waals surface area contributed by atoms with Gasteiger partial charge in [-0.05, 0) is 31.5 Å². The molecule has 1 aliphatic heterocycles. The first kappa shape index (κ1) is 17.4. The Kier molecular flexibility index (Phi) is 5.74. The Morgan fingerprint density at radius 1 is 1.48 bits per heavy atom. The van der Waals surface area contributed by atoms with Crippen LogP contribution in [-0.2, 0) is 11.3 Å². The van der Waals surface area contributed by atoms with Crippen molar-refractivity contribution >= 4 is 29.2 Å². The number of halogens is 1. The summed E-state index contributed by atoms with van der Waals surface area (Å²) in [5.41, 5.74) is 1.61. The van der Waals surface area contributed by atoms with Crippen molar-refractivity contribution in [3.05, 3.63) is 40.4 Å². The topological polar surface area (TPSA) is 76.0 Å². The molecule has 7 heteroatoms. The Morgan fingerprint density at radius 3 is 3.04 bits per heavy atom. The second kappa shape index (κ2) is 7.57. The molecule has 0 radical (unpaired) electrons. The highest BCUT2D eigenvalue weighted by molar-refractivity contribution is 5.85. The number of carbonyl (C=O) groups is 1. The number of carbonyl (C=O) groups excluding carboxylic acids is 1. The van der Waals surface area contributed by atoms with Crippen LogP contribution < -0.4 is 16.2 Å². The SMILES string of the molecule is Cc1cccc2c(=O)n(CCC(=O)NC3CCNC3)cnc12.Cl. The lowest BCUT2D eigenvalue weighted by Gasteiger charge is -2.12. The lowest BCUT2D eigenvalue weighted by atomic mass is 10.1. The van der Waals surface area contributed by atoms with E-state index in [1.807, 2.05) is 19.1 Å².